The van der Waals surface area contributed by atoms with Gasteiger partial charge in [0.15, 0.2) is 11.0 Å². The molecule has 152 valence electrons. The Hall–Kier alpha value is -1.73. The Morgan fingerprint density at radius 3 is 2.59 bits per heavy atom. The molecule has 1 atom stereocenters. The summed E-state index contributed by atoms with van der Waals surface area (Å²) in [5.74, 6) is 1.06. The summed E-state index contributed by atoms with van der Waals surface area (Å²) in [5.41, 5.74) is 1.39. The third-order valence-electron chi connectivity index (χ3n) is 4.29. The Balaban J connectivity index is 1.73. The molecule has 3 rings (SSSR count). The Labute approximate surface area is 188 Å². The maximum Gasteiger partial charge on any atom is 0.253 e. The van der Waals surface area contributed by atoms with Crippen LogP contribution in [0.4, 0.5) is 0 Å². The van der Waals surface area contributed by atoms with Crippen LogP contribution in [0.3, 0.4) is 0 Å². The number of hydrogen-bond donors (Lipinski definition) is 1. The van der Waals surface area contributed by atoms with E-state index in [1.807, 2.05) is 30.5 Å². The van der Waals surface area contributed by atoms with E-state index in [4.69, 9.17) is 34.8 Å². The molecule has 0 spiro atoms. The topological polar surface area (TPSA) is 59.8 Å². The summed E-state index contributed by atoms with van der Waals surface area (Å²) >= 11 is 19.9. The first-order valence-electron chi connectivity index (χ1n) is 8.96. The molecule has 1 N–H and O–H groups in total. The van der Waals surface area contributed by atoms with Gasteiger partial charge in [0.2, 0.25) is 0 Å². The van der Waals surface area contributed by atoms with E-state index in [0.717, 1.165) is 10.7 Å². The van der Waals surface area contributed by atoms with Gasteiger partial charge >= 0.3 is 0 Å². The van der Waals surface area contributed by atoms with E-state index in [2.05, 4.69) is 15.5 Å². The van der Waals surface area contributed by atoms with Crippen molar-refractivity contribution in [3.63, 3.8) is 0 Å². The molecule has 9 heteroatoms. The van der Waals surface area contributed by atoms with Crippen LogP contribution in [0.15, 0.2) is 47.6 Å². The van der Waals surface area contributed by atoms with Crippen molar-refractivity contribution in [2.45, 2.75) is 37.3 Å². The molecule has 0 radical (unpaired) electrons. The molecule has 5 nitrogen and oxygen atoms in total. The average molecular weight is 470 g/mol. The fourth-order valence-electron chi connectivity index (χ4n) is 2.79. The molecule has 1 heterocycles. The van der Waals surface area contributed by atoms with Crippen molar-refractivity contribution in [3.05, 3.63) is 74.5 Å². The predicted octanol–water partition coefficient (Wildman–Crippen LogP) is 6.04. The predicted molar refractivity (Wildman–Crippen MR) is 119 cm³/mol. The number of carbonyl (C=O) groups is 1. The maximum absolute atomic E-state index is 12.5. The van der Waals surface area contributed by atoms with E-state index in [0.29, 0.717) is 38.8 Å². The molecule has 1 amide bonds. The second-order valence-electron chi connectivity index (χ2n) is 6.28. The number of hydrogen-bond acceptors (Lipinski definition) is 4. The van der Waals surface area contributed by atoms with Gasteiger partial charge in [0.1, 0.15) is 0 Å². The van der Waals surface area contributed by atoms with Crippen molar-refractivity contribution < 1.29 is 4.79 Å². The van der Waals surface area contributed by atoms with E-state index >= 15 is 0 Å². The Morgan fingerprint density at radius 1 is 1.14 bits per heavy atom. The van der Waals surface area contributed by atoms with Gasteiger partial charge in [-0.05, 0) is 43.7 Å². The van der Waals surface area contributed by atoms with Crippen LogP contribution in [-0.2, 0) is 12.3 Å². The van der Waals surface area contributed by atoms with Crippen LogP contribution in [0, 0.1) is 0 Å². The van der Waals surface area contributed by atoms with Crippen LogP contribution in [0.25, 0.3) is 0 Å². The lowest BCUT2D eigenvalue weighted by molar-refractivity contribution is 0.0937. The molecule has 0 fully saturated rings. The number of nitrogens with zero attached hydrogens (tertiary/aromatic N) is 3. The zero-order valence-corrected chi connectivity index (χ0v) is 18.9. The number of aromatic nitrogens is 3. The van der Waals surface area contributed by atoms with Crippen molar-refractivity contribution in [2.24, 2.45) is 0 Å². The van der Waals surface area contributed by atoms with Crippen molar-refractivity contribution in [1.29, 1.82) is 0 Å². The third-order valence-corrected chi connectivity index (χ3v) is 6.22. The van der Waals surface area contributed by atoms with Gasteiger partial charge in [0.05, 0.1) is 16.6 Å². The molecular formula is C20H19Cl3N4OS. The first-order valence-corrected chi connectivity index (χ1v) is 11.1. The van der Waals surface area contributed by atoms with Crippen LogP contribution in [0.5, 0.6) is 0 Å². The lowest BCUT2D eigenvalue weighted by Crippen LogP contribution is -2.29. The average Bonchev–Trinajstić information content (AvgIpc) is 3.10. The summed E-state index contributed by atoms with van der Waals surface area (Å²) in [7, 11) is 0. The second-order valence-corrected chi connectivity index (χ2v) is 8.48. The zero-order valence-electron chi connectivity index (χ0n) is 15.8. The fourth-order valence-corrected chi connectivity index (χ4v) is 4.58. The standard InChI is InChI=1S/C20H19Cl3N4OS/c1-3-27-18(12(2)24-19(28)15-6-4-5-7-16(15)22)25-26-20(27)29-11-13-8-9-14(21)10-17(13)23/h4-10,12H,3,11H2,1-2H3,(H,24,28)/t12-/m1/s1. The molecule has 0 aliphatic carbocycles. The van der Waals surface area contributed by atoms with Crippen LogP contribution >= 0.6 is 46.6 Å². The van der Waals surface area contributed by atoms with E-state index < -0.39 is 0 Å². The van der Waals surface area contributed by atoms with E-state index in [-0.39, 0.29) is 11.9 Å². The molecule has 0 aliphatic heterocycles. The van der Waals surface area contributed by atoms with Crippen molar-refractivity contribution in [1.82, 2.24) is 20.1 Å². The number of halogens is 3. The summed E-state index contributed by atoms with van der Waals surface area (Å²) in [6, 6.07) is 12.0. The van der Waals surface area contributed by atoms with Gasteiger partial charge in [0, 0.05) is 22.3 Å². The van der Waals surface area contributed by atoms with E-state index in [1.165, 1.54) is 11.8 Å². The Bertz CT molecular complexity index is 1020. The lowest BCUT2D eigenvalue weighted by atomic mass is 10.2. The van der Waals surface area contributed by atoms with E-state index in [1.54, 1.807) is 30.3 Å². The minimum absolute atomic E-state index is 0.254. The van der Waals surface area contributed by atoms with Crippen molar-refractivity contribution >= 4 is 52.5 Å². The fraction of sp³-hybridized carbons (Fsp3) is 0.250. The summed E-state index contributed by atoms with van der Waals surface area (Å²) in [5, 5.41) is 13.9. The maximum atomic E-state index is 12.5. The van der Waals surface area contributed by atoms with Gasteiger partial charge in [-0.1, -0.05) is 64.8 Å². The highest BCUT2D eigenvalue weighted by atomic mass is 35.5. The van der Waals surface area contributed by atoms with Gasteiger partial charge in [-0.25, -0.2) is 0 Å². The number of nitrogens with one attached hydrogen (secondary N) is 1. The number of carbonyl (C=O) groups excluding carboxylic acids is 1. The van der Waals surface area contributed by atoms with Gasteiger partial charge in [-0.3, -0.25) is 4.79 Å². The quantitative estimate of drug-likeness (QED) is 0.428. The van der Waals surface area contributed by atoms with Crippen LogP contribution < -0.4 is 5.32 Å². The molecule has 29 heavy (non-hydrogen) atoms. The number of rotatable bonds is 7. The Kier molecular flexibility index (Phi) is 7.46. The van der Waals surface area contributed by atoms with Crippen LogP contribution in [0.2, 0.25) is 15.1 Å². The van der Waals surface area contributed by atoms with Gasteiger partial charge in [0.25, 0.3) is 5.91 Å². The minimum Gasteiger partial charge on any atom is -0.342 e. The molecule has 0 saturated carbocycles. The normalized spacial score (nSPS) is 12.0. The summed E-state index contributed by atoms with van der Waals surface area (Å²) < 4.78 is 1.98. The zero-order chi connectivity index (χ0) is 21.0. The first-order chi connectivity index (χ1) is 13.9. The largest absolute Gasteiger partial charge is 0.342 e. The molecule has 0 aliphatic rings. The van der Waals surface area contributed by atoms with Gasteiger partial charge in [-0.15, -0.1) is 10.2 Å². The molecule has 0 bridgehead atoms. The highest BCUT2D eigenvalue weighted by molar-refractivity contribution is 7.98. The molecule has 1 aromatic heterocycles. The molecule has 2 aromatic carbocycles. The lowest BCUT2D eigenvalue weighted by Gasteiger charge is -2.15. The highest BCUT2D eigenvalue weighted by Gasteiger charge is 2.20. The minimum atomic E-state index is -0.334. The molecule has 3 aromatic rings. The second kappa shape index (κ2) is 9.85. The summed E-state index contributed by atoms with van der Waals surface area (Å²) in [6.45, 7) is 4.55. The monoisotopic (exact) mass is 468 g/mol. The van der Waals surface area contributed by atoms with Crippen molar-refractivity contribution in [3.8, 4) is 0 Å². The smallest absolute Gasteiger partial charge is 0.253 e. The SMILES string of the molecule is CCn1c(SCc2ccc(Cl)cc2Cl)nnc1[C@@H](C)NC(=O)c1ccccc1Cl. The Morgan fingerprint density at radius 2 is 1.90 bits per heavy atom. The third kappa shape index (κ3) is 5.25. The van der Waals surface area contributed by atoms with Gasteiger partial charge in [-0.2, -0.15) is 0 Å². The summed E-state index contributed by atoms with van der Waals surface area (Å²) in [6.07, 6.45) is 0. The number of thioether (sulfide) groups is 1. The van der Waals surface area contributed by atoms with Crippen molar-refractivity contribution in [2.75, 3.05) is 0 Å². The highest BCUT2D eigenvalue weighted by Crippen LogP contribution is 2.29. The van der Waals surface area contributed by atoms with E-state index in [9.17, 15) is 4.79 Å². The number of amides is 1. The van der Waals surface area contributed by atoms with Crippen LogP contribution in [0.1, 0.15) is 41.6 Å². The summed E-state index contributed by atoms with van der Waals surface area (Å²) in [4.78, 5) is 12.5. The molecule has 0 unspecified atom stereocenters. The van der Waals surface area contributed by atoms with Crippen LogP contribution in [-0.4, -0.2) is 20.7 Å². The molecular weight excluding hydrogens is 451 g/mol. The molecule has 0 saturated heterocycles. The van der Waals surface area contributed by atoms with Gasteiger partial charge < -0.3 is 9.88 Å². The first kappa shape index (κ1) is 22.0. The number of benzene rings is 2.